The summed E-state index contributed by atoms with van der Waals surface area (Å²) in [7, 11) is 0. The first kappa shape index (κ1) is 28.0. The van der Waals surface area contributed by atoms with Gasteiger partial charge in [-0.1, -0.05) is 13.8 Å². The van der Waals surface area contributed by atoms with Crippen LogP contribution < -0.4 is 26.3 Å². The molecule has 0 aliphatic rings. The summed E-state index contributed by atoms with van der Waals surface area (Å²) in [4.78, 5) is 23.5. The molecule has 0 spiro atoms. The van der Waals surface area contributed by atoms with Crippen molar-refractivity contribution in [1.29, 1.82) is 0 Å². The van der Waals surface area contributed by atoms with E-state index in [1.165, 1.54) is 0 Å². The average Bonchev–Trinajstić information content (AvgIpc) is 3.63. The lowest BCUT2D eigenvalue weighted by Crippen LogP contribution is -2.36. The number of hydrogen-bond acceptors (Lipinski definition) is 7. The van der Waals surface area contributed by atoms with E-state index >= 15 is 0 Å². The molecule has 10 heteroatoms. The van der Waals surface area contributed by atoms with Gasteiger partial charge in [-0.2, -0.15) is 0 Å². The molecule has 0 saturated heterocycles. The second-order valence-electron chi connectivity index (χ2n) is 9.63. The van der Waals surface area contributed by atoms with Gasteiger partial charge in [-0.05, 0) is 73.5 Å². The van der Waals surface area contributed by atoms with Gasteiger partial charge in [0.05, 0.1) is 5.52 Å². The number of nitrogens with one attached hydrogen (secondary N) is 2. The van der Waals surface area contributed by atoms with Crippen molar-refractivity contribution in [3.05, 3.63) is 97.6 Å². The summed E-state index contributed by atoms with van der Waals surface area (Å²) in [6.45, 7) is 4.13. The minimum absolute atomic E-state index is 0.112. The van der Waals surface area contributed by atoms with Crippen molar-refractivity contribution in [3.8, 4) is 23.0 Å². The SMILES string of the molecule is CCC(CC)NC(=O)n1ccc2cc(Oc3ccnc(N)c3)ccc21.Nc1cc(Oc2ccc3[nH]ccc3c2)ccn1. The standard InChI is InChI=1S/C19H22N4O2.C13H11N3O/c1-3-14(4-2)22-19(24)23-10-8-13-11-15(5-6-17(13)23)25-16-7-9-21-18(20)12-16;14-13-8-11(4-6-16-13)17-10-1-2-12-9(7-10)3-5-15-12/h5-12,14H,3-4H2,1-2H3,(H2,20,21)(H,22,24);1-8,15H,(H2,14,16). The summed E-state index contributed by atoms with van der Waals surface area (Å²) >= 11 is 0. The van der Waals surface area contributed by atoms with Crippen LogP contribution in [0.15, 0.2) is 97.6 Å². The number of anilines is 2. The smallest absolute Gasteiger partial charge is 0.326 e. The van der Waals surface area contributed by atoms with Crippen LogP contribution >= 0.6 is 0 Å². The summed E-state index contributed by atoms with van der Waals surface area (Å²) in [6.07, 6.45) is 8.72. The molecule has 0 fully saturated rings. The van der Waals surface area contributed by atoms with Gasteiger partial charge in [0.1, 0.15) is 34.6 Å². The van der Waals surface area contributed by atoms with E-state index in [9.17, 15) is 4.79 Å². The number of nitrogen functional groups attached to an aromatic ring is 2. The zero-order valence-electron chi connectivity index (χ0n) is 23.5. The molecular weight excluding hydrogens is 530 g/mol. The molecule has 4 heterocycles. The van der Waals surface area contributed by atoms with E-state index in [1.54, 1.807) is 47.4 Å². The Labute approximate surface area is 243 Å². The Bertz CT molecular complexity index is 1810. The molecule has 10 nitrogen and oxygen atoms in total. The highest BCUT2D eigenvalue weighted by atomic mass is 16.5. The predicted molar refractivity (Wildman–Crippen MR) is 166 cm³/mol. The molecule has 0 atom stereocenters. The van der Waals surface area contributed by atoms with Crippen LogP contribution in [0.1, 0.15) is 26.7 Å². The predicted octanol–water partition coefficient (Wildman–Crippen LogP) is 7.09. The monoisotopic (exact) mass is 563 g/mol. The summed E-state index contributed by atoms with van der Waals surface area (Å²) in [5, 5.41) is 5.09. The molecular formula is C32H33N7O3. The van der Waals surface area contributed by atoms with Gasteiger partial charge in [-0.25, -0.2) is 14.8 Å². The molecule has 0 radical (unpaired) electrons. The van der Waals surface area contributed by atoms with Crippen LogP contribution in [-0.4, -0.2) is 31.6 Å². The van der Waals surface area contributed by atoms with E-state index in [0.29, 0.717) is 28.9 Å². The lowest BCUT2D eigenvalue weighted by atomic mass is 10.2. The third kappa shape index (κ3) is 6.79. The van der Waals surface area contributed by atoms with Crippen molar-refractivity contribution in [2.24, 2.45) is 0 Å². The number of nitrogens with zero attached hydrogens (tertiary/aromatic N) is 3. The van der Waals surface area contributed by atoms with Crippen LogP contribution in [0, 0.1) is 0 Å². The molecule has 6 rings (SSSR count). The second kappa shape index (κ2) is 12.8. The van der Waals surface area contributed by atoms with Gasteiger partial charge in [0.2, 0.25) is 0 Å². The number of carbonyl (C=O) groups is 1. The quantitative estimate of drug-likeness (QED) is 0.162. The third-order valence-electron chi connectivity index (χ3n) is 6.69. The van der Waals surface area contributed by atoms with Crippen molar-refractivity contribution in [2.75, 3.05) is 11.5 Å². The van der Waals surface area contributed by atoms with E-state index < -0.39 is 0 Å². The van der Waals surface area contributed by atoms with Crippen molar-refractivity contribution in [2.45, 2.75) is 32.7 Å². The molecule has 214 valence electrons. The highest BCUT2D eigenvalue weighted by molar-refractivity contribution is 5.92. The lowest BCUT2D eigenvalue weighted by molar-refractivity contribution is 0.238. The Morgan fingerprint density at radius 3 is 2.02 bits per heavy atom. The highest BCUT2D eigenvalue weighted by Gasteiger charge is 2.13. The first-order valence-corrected chi connectivity index (χ1v) is 13.7. The van der Waals surface area contributed by atoms with E-state index in [1.807, 2.05) is 54.7 Å². The van der Waals surface area contributed by atoms with Gasteiger partial charge >= 0.3 is 6.03 Å². The number of carbonyl (C=O) groups excluding carboxylic acids is 1. The second-order valence-corrected chi connectivity index (χ2v) is 9.63. The molecule has 42 heavy (non-hydrogen) atoms. The zero-order chi connectivity index (χ0) is 29.5. The van der Waals surface area contributed by atoms with Crippen molar-refractivity contribution in [1.82, 2.24) is 24.8 Å². The molecule has 0 aliphatic carbocycles. The Morgan fingerprint density at radius 1 is 0.810 bits per heavy atom. The molecule has 0 saturated carbocycles. The van der Waals surface area contributed by atoms with E-state index in [0.717, 1.165) is 40.4 Å². The van der Waals surface area contributed by atoms with Crippen LogP contribution in [0.5, 0.6) is 23.0 Å². The van der Waals surface area contributed by atoms with Crippen LogP contribution in [0.4, 0.5) is 16.4 Å². The van der Waals surface area contributed by atoms with Crippen molar-refractivity contribution < 1.29 is 14.3 Å². The number of ether oxygens (including phenoxy) is 2. The summed E-state index contributed by atoms with van der Waals surface area (Å²) in [6, 6.07) is 22.3. The minimum Gasteiger partial charge on any atom is -0.457 e. The Hall–Kier alpha value is -5.51. The zero-order valence-corrected chi connectivity index (χ0v) is 23.5. The third-order valence-corrected chi connectivity index (χ3v) is 6.69. The van der Waals surface area contributed by atoms with Crippen molar-refractivity contribution in [3.63, 3.8) is 0 Å². The number of nitrogens with two attached hydrogens (primary N) is 2. The summed E-state index contributed by atoms with van der Waals surface area (Å²) < 4.78 is 13.1. The maximum absolute atomic E-state index is 12.5. The highest BCUT2D eigenvalue weighted by Crippen LogP contribution is 2.27. The molecule has 1 amide bonds. The van der Waals surface area contributed by atoms with Crippen LogP contribution in [0.2, 0.25) is 0 Å². The fourth-order valence-corrected chi connectivity index (χ4v) is 4.45. The van der Waals surface area contributed by atoms with E-state index in [-0.39, 0.29) is 12.1 Å². The fraction of sp³-hybridized carbons (Fsp3) is 0.156. The first-order chi connectivity index (χ1) is 20.4. The molecule has 0 aliphatic heterocycles. The van der Waals surface area contributed by atoms with Crippen molar-refractivity contribution >= 4 is 39.5 Å². The maximum atomic E-state index is 12.5. The Kier molecular flexibility index (Phi) is 8.53. The summed E-state index contributed by atoms with van der Waals surface area (Å²) in [5.41, 5.74) is 13.2. The Morgan fingerprint density at radius 2 is 1.40 bits per heavy atom. The molecule has 0 bridgehead atoms. The number of aromatic nitrogens is 4. The number of aromatic amines is 1. The molecule has 6 aromatic rings. The maximum Gasteiger partial charge on any atom is 0.326 e. The van der Waals surface area contributed by atoms with Gasteiger partial charge in [0, 0.05) is 59.3 Å². The fourth-order valence-electron chi connectivity index (χ4n) is 4.45. The largest absolute Gasteiger partial charge is 0.457 e. The number of pyridine rings is 2. The average molecular weight is 564 g/mol. The van der Waals surface area contributed by atoms with Gasteiger partial charge in [0.15, 0.2) is 0 Å². The minimum atomic E-state index is -0.112. The van der Waals surface area contributed by atoms with Gasteiger partial charge in [-0.15, -0.1) is 0 Å². The first-order valence-electron chi connectivity index (χ1n) is 13.7. The number of benzene rings is 2. The van der Waals surface area contributed by atoms with Crippen LogP contribution in [0.25, 0.3) is 21.8 Å². The van der Waals surface area contributed by atoms with Gasteiger partial charge in [-0.3, -0.25) is 4.57 Å². The van der Waals surface area contributed by atoms with Crippen LogP contribution in [-0.2, 0) is 0 Å². The number of H-pyrrole nitrogens is 1. The normalized spacial score (nSPS) is 10.8. The molecule has 2 aromatic carbocycles. The number of hydrogen-bond donors (Lipinski definition) is 4. The number of amides is 1. The number of fused-ring (bicyclic) bond motifs is 2. The van der Waals surface area contributed by atoms with Crippen LogP contribution in [0.3, 0.4) is 0 Å². The van der Waals surface area contributed by atoms with Gasteiger partial charge < -0.3 is 31.2 Å². The molecule has 6 N–H and O–H groups in total. The van der Waals surface area contributed by atoms with E-state index in [2.05, 4.69) is 34.1 Å². The molecule has 0 unspecified atom stereocenters. The Balaban J connectivity index is 0.000000180. The van der Waals surface area contributed by atoms with Gasteiger partial charge in [0.25, 0.3) is 0 Å². The van der Waals surface area contributed by atoms with E-state index in [4.69, 9.17) is 20.9 Å². The number of rotatable bonds is 7. The lowest BCUT2D eigenvalue weighted by Gasteiger charge is -2.15. The topological polar surface area (TPSA) is 146 Å². The molecule has 4 aromatic heterocycles. The summed E-state index contributed by atoms with van der Waals surface area (Å²) in [5.74, 6) is 3.62.